The molecule has 0 saturated carbocycles. The molecule has 0 aliphatic carbocycles. The van der Waals surface area contributed by atoms with E-state index in [1.54, 1.807) is 11.9 Å². The van der Waals surface area contributed by atoms with E-state index in [1.807, 2.05) is 25.1 Å². The Bertz CT molecular complexity index is 395. The fourth-order valence-electron chi connectivity index (χ4n) is 1.70. The largest absolute Gasteiger partial charge is 0.368 e. The Balaban J connectivity index is 2.97. The molecule has 4 nitrogen and oxygen atoms in total. The lowest BCUT2D eigenvalue weighted by Crippen LogP contribution is -2.31. The van der Waals surface area contributed by atoms with Crippen LogP contribution in [0, 0.1) is 0 Å². The summed E-state index contributed by atoms with van der Waals surface area (Å²) in [4.78, 5) is 12.7. The molecule has 0 bridgehead atoms. The Hall–Kier alpha value is -1.26. The van der Waals surface area contributed by atoms with Crippen molar-refractivity contribution in [2.45, 2.75) is 13.5 Å². The molecule has 0 heterocycles. The Kier molecular flexibility index (Phi) is 5.25. The topological polar surface area (TPSA) is 58.4 Å². The third-order valence-electron chi connectivity index (χ3n) is 2.41. The highest BCUT2D eigenvalue weighted by molar-refractivity contribution is 6.33. The van der Waals surface area contributed by atoms with Gasteiger partial charge in [0.1, 0.15) is 0 Å². The van der Waals surface area contributed by atoms with Crippen molar-refractivity contribution in [1.29, 1.82) is 0 Å². The van der Waals surface area contributed by atoms with Crippen LogP contribution in [-0.4, -0.2) is 26.0 Å². The van der Waals surface area contributed by atoms with Crippen molar-refractivity contribution < 1.29 is 4.79 Å². The number of rotatable bonds is 6. The second kappa shape index (κ2) is 6.47. The van der Waals surface area contributed by atoms with Gasteiger partial charge in [-0.2, -0.15) is 0 Å². The highest BCUT2D eigenvalue weighted by Crippen LogP contribution is 2.28. The molecule has 17 heavy (non-hydrogen) atoms. The molecule has 0 atom stereocenters. The van der Waals surface area contributed by atoms with Gasteiger partial charge in [-0.25, -0.2) is 0 Å². The lowest BCUT2D eigenvalue weighted by Gasteiger charge is -2.22. The molecule has 0 aliphatic heterocycles. The van der Waals surface area contributed by atoms with Crippen LogP contribution < -0.4 is 16.0 Å². The molecular formula is C12H18ClN3O. The monoisotopic (exact) mass is 255 g/mol. The van der Waals surface area contributed by atoms with E-state index in [0.29, 0.717) is 5.02 Å². The first-order valence-electron chi connectivity index (χ1n) is 5.53. The van der Waals surface area contributed by atoms with Crippen LogP contribution >= 0.6 is 11.6 Å². The zero-order valence-corrected chi connectivity index (χ0v) is 10.9. The fraction of sp³-hybridized carbons (Fsp3) is 0.417. The molecule has 1 aromatic rings. The Morgan fingerprint density at radius 2 is 2.24 bits per heavy atom. The lowest BCUT2D eigenvalue weighted by atomic mass is 10.1. The Morgan fingerprint density at radius 1 is 1.53 bits per heavy atom. The summed E-state index contributed by atoms with van der Waals surface area (Å²) < 4.78 is 0. The van der Waals surface area contributed by atoms with Crippen molar-refractivity contribution in [3.8, 4) is 0 Å². The van der Waals surface area contributed by atoms with Crippen LogP contribution in [0.25, 0.3) is 0 Å². The van der Waals surface area contributed by atoms with Crippen molar-refractivity contribution in [3.05, 3.63) is 28.8 Å². The molecule has 0 unspecified atom stereocenters. The quantitative estimate of drug-likeness (QED) is 0.807. The number of hydrogen-bond donors (Lipinski definition) is 2. The second-order valence-corrected chi connectivity index (χ2v) is 4.26. The minimum atomic E-state index is -0.373. The normalized spacial score (nSPS) is 10.3. The number of nitrogens with two attached hydrogens (primary N) is 1. The molecule has 1 rings (SSSR count). The fourth-order valence-corrected chi connectivity index (χ4v) is 2.04. The van der Waals surface area contributed by atoms with Crippen LogP contribution in [-0.2, 0) is 11.3 Å². The van der Waals surface area contributed by atoms with Crippen molar-refractivity contribution in [3.63, 3.8) is 0 Å². The van der Waals surface area contributed by atoms with E-state index in [1.165, 1.54) is 0 Å². The lowest BCUT2D eigenvalue weighted by molar-refractivity contribution is -0.116. The number of amides is 1. The van der Waals surface area contributed by atoms with Crippen LogP contribution in [0.3, 0.4) is 0 Å². The van der Waals surface area contributed by atoms with Crippen molar-refractivity contribution in [1.82, 2.24) is 5.32 Å². The van der Waals surface area contributed by atoms with Gasteiger partial charge in [-0.05, 0) is 18.2 Å². The Labute approximate surface area is 107 Å². The summed E-state index contributed by atoms with van der Waals surface area (Å²) in [7, 11) is 1.81. The smallest absolute Gasteiger partial charge is 0.236 e. The van der Waals surface area contributed by atoms with Gasteiger partial charge >= 0.3 is 0 Å². The van der Waals surface area contributed by atoms with E-state index in [-0.39, 0.29) is 12.5 Å². The summed E-state index contributed by atoms with van der Waals surface area (Å²) in [6.07, 6.45) is 0. The van der Waals surface area contributed by atoms with Crippen molar-refractivity contribution in [2.75, 3.05) is 25.0 Å². The first kappa shape index (κ1) is 13.8. The molecule has 0 aromatic heterocycles. The highest BCUT2D eigenvalue weighted by atomic mass is 35.5. The van der Waals surface area contributed by atoms with Gasteiger partial charge in [-0.3, -0.25) is 4.79 Å². The van der Waals surface area contributed by atoms with Crippen LogP contribution in [0.15, 0.2) is 18.2 Å². The molecule has 0 radical (unpaired) electrons. The number of likely N-dealkylation sites (N-methyl/N-ethyl adjacent to an activating group) is 1. The average Bonchev–Trinajstić information content (AvgIpc) is 2.25. The summed E-state index contributed by atoms with van der Waals surface area (Å²) in [6.45, 7) is 3.79. The maximum absolute atomic E-state index is 10.9. The van der Waals surface area contributed by atoms with Crippen LogP contribution in [0.4, 0.5) is 5.69 Å². The van der Waals surface area contributed by atoms with E-state index in [9.17, 15) is 4.79 Å². The summed E-state index contributed by atoms with van der Waals surface area (Å²) in [5, 5.41) is 3.87. The van der Waals surface area contributed by atoms with Crippen molar-refractivity contribution in [2.24, 2.45) is 5.73 Å². The van der Waals surface area contributed by atoms with Gasteiger partial charge < -0.3 is 16.0 Å². The van der Waals surface area contributed by atoms with E-state index in [2.05, 4.69) is 5.32 Å². The number of nitrogens with zero attached hydrogens (tertiary/aromatic N) is 1. The predicted octanol–water partition coefficient (Wildman–Crippen LogP) is 1.37. The Morgan fingerprint density at radius 3 is 2.82 bits per heavy atom. The number of hydrogen-bond acceptors (Lipinski definition) is 3. The van der Waals surface area contributed by atoms with Gasteiger partial charge in [0, 0.05) is 13.6 Å². The summed E-state index contributed by atoms with van der Waals surface area (Å²) in [6, 6.07) is 5.70. The summed E-state index contributed by atoms with van der Waals surface area (Å²) in [5.41, 5.74) is 7.11. The van der Waals surface area contributed by atoms with Crippen LogP contribution in [0.2, 0.25) is 5.02 Å². The summed E-state index contributed by atoms with van der Waals surface area (Å²) in [5.74, 6) is -0.373. The molecular weight excluding hydrogens is 238 g/mol. The number of carbonyl (C=O) groups excluding carboxylic acids is 1. The molecule has 94 valence electrons. The molecule has 1 amide bonds. The number of para-hydroxylation sites is 1. The van der Waals surface area contributed by atoms with E-state index in [4.69, 9.17) is 17.3 Å². The van der Waals surface area contributed by atoms with Gasteiger partial charge in [0.15, 0.2) is 0 Å². The van der Waals surface area contributed by atoms with Gasteiger partial charge in [-0.1, -0.05) is 30.7 Å². The van der Waals surface area contributed by atoms with Crippen molar-refractivity contribution >= 4 is 23.2 Å². The van der Waals surface area contributed by atoms with Crippen LogP contribution in [0.5, 0.6) is 0 Å². The number of carbonyl (C=O) groups is 1. The zero-order chi connectivity index (χ0) is 12.8. The molecule has 5 heteroatoms. The minimum absolute atomic E-state index is 0.156. The highest BCUT2D eigenvalue weighted by Gasteiger charge is 2.12. The molecule has 0 spiro atoms. The van der Waals surface area contributed by atoms with E-state index >= 15 is 0 Å². The number of anilines is 1. The number of nitrogens with one attached hydrogen (secondary N) is 1. The molecule has 3 N–H and O–H groups in total. The first-order valence-corrected chi connectivity index (χ1v) is 5.91. The molecule has 0 fully saturated rings. The molecule has 0 saturated heterocycles. The van der Waals surface area contributed by atoms with E-state index < -0.39 is 0 Å². The zero-order valence-electron chi connectivity index (χ0n) is 10.2. The third kappa shape index (κ3) is 3.91. The second-order valence-electron chi connectivity index (χ2n) is 3.85. The maximum atomic E-state index is 10.9. The number of primary amides is 1. The van der Waals surface area contributed by atoms with Gasteiger partial charge in [0.2, 0.25) is 5.91 Å². The molecule has 0 aliphatic rings. The number of halogens is 1. The molecule has 1 aromatic carbocycles. The SMILES string of the molecule is CCNCc1cccc(Cl)c1N(C)CC(N)=O. The standard InChI is InChI=1S/C12H18ClN3O/c1-3-15-7-9-5-4-6-10(13)12(9)16(2)8-11(14)17/h4-6,15H,3,7-8H2,1-2H3,(H2,14,17). The maximum Gasteiger partial charge on any atom is 0.236 e. The van der Waals surface area contributed by atoms with Gasteiger partial charge in [0.25, 0.3) is 0 Å². The predicted molar refractivity (Wildman–Crippen MR) is 71.3 cm³/mol. The summed E-state index contributed by atoms with van der Waals surface area (Å²) >= 11 is 6.17. The van der Waals surface area contributed by atoms with Crippen LogP contribution in [0.1, 0.15) is 12.5 Å². The van der Waals surface area contributed by atoms with E-state index in [0.717, 1.165) is 24.3 Å². The van der Waals surface area contributed by atoms with Gasteiger partial charge in [-0.15, -0.1) is 0 Å². The third-order valence-corrected chi connectivity index (χ3v) is 2.72. The minimum Gasteiger partial charge on any atom is -0.368 e. The average molecular weight is 256 g/mol. The number of benzene rings is 1. The van der Waals surface area contributed by atoms with Gasteiger partial charge in [0.05, 0.1) is 17.3 Å². The first-order chi connectivity index (χ1) is 8.06.